The van der Waals surface area contributed by atoms with Crippen molar-refractivity contribution < 1.29 is 13.9 Å². The molecule has 2 rings (SSSR count). The van der Waals surface area contributed by atoms with Gasteiger partial charge in [0.15, 0.2) is 5.82 Å². The summed E-state index contributed by atoms with van der Waals surface area (Å²) in [5.41, 5.74) is -0.722. The molecule has 1 heterocycles. The van der Waals surface area contributed by atoms with Crippen LogP contribution in [0.3, 0.4) is 0 Å². The van der Waals surface area contributed by atoms with Gasteiger partial charge in [0.1, 0.15) is 17.0 Å². The van der Waals surface area contributed by atoms with Gasteiger partial charge in [0.2, 0.25) is 0 Å². The first-order valence-corrected chi connectivity index (χ1v) is 6.50. The lowest BCUT2D eigenvalue weighted by molar-refractivity contribution is 0.00646. The van der Waals surface area contributed by atoms with Gasteiger partial charge in [0.05, 0.1) is 6.20 Å². The molecule has 0 unspecified atom stereocenters. The molecule has 0 bridgehead atoms. The summed E-state index contributed by atoms with van der Waals surface area (Å²) in [6.07, 6.45) is 4.42. The summed E-state index contributed by atoms with van der Waals surface area (Å²) in [7, 11) is 0. The molecule has 0 amide bonds. The Morgan fingerprint density at radius 2 is 2.16 bits per heavy atom. The summed E-state index contributed by atoms with van der Waals surface area (Å²) >= 11 is 0. The number of halogens is 1. The highest BCUT2D eigenvalue weighted by atomic mass is 19.1. The highest BCUT2D eigenvalue weighted by Gasteiger charge is 2.23. The number of aromatic nitrogens is 1. The maximum Gasteiger partial charge on any atom is 0.341 e. The van der Waals surface area contributed by atoms with Crippen molar-refractivity contribution in [2.24, 2.45) is 0 Å². The third-order valence-corrected chi connectivity index (χ3v) is 2.93. The van der Waals surface area contributed by atoms with Crippen molar-refractivity contribution in [3.8, 4) is 0 Å². The molecule has 5 heteroatoms. The van der Waals surface area contributed by atoms with Crippen LogP contribution in [0.25, 0.3) is 0 Å². The highest BCUT2D eigenvalue weighted by Crippen LogP contribution is 2.23. The maximum atomic E-state index is 13.6. The molecule has 19 heavy (non-hydrogen) atoms. The monoisotopic (exact) mass is 266 g/mol. The molecular weight excluding hydrogens is 247 g/mol. The van der Waals surface area contributed by atoms with Crippen LogP contribution in [0, 0.1) is 5.82 Å². The minimum Gasteiger partial charge on any atom is -0.456 e. The lowest BCUT2D eigenvalue weighted by Crippen LogP contribution is -2.28. The topological polar surface area (TPSA) is 51.2 Å². The smallest absolute Gasteiger partial charge is 0.341 e. The fourth-order valence-electron chi connectivity index (χ4n) is 1.77. The molecule has 104 valence electrons. The van der Waals surface area contributed by atoms with Crippen LogP contribution in [0.1, 0.15) is 50.4 Å². The number of nitrogens with zero attached hydrogens (tertiary/aromatic N) is 1. The Bertz CT molecular complexity index is 479. The van der Waals surface area contributed by atoms with E-state index in [0.29, 0.717) is 11.9 Å². The molecule has 0 saturated heterocycles. The zero-order valence-corrected chi connectivity index (χ0v) is 11.5. The Morgan fingerprint density at radius 1 is 1.47 bits per heavy atom. The van der Waals surface area contributed by atoms with Gasteiger partial charge in [-0.3, -0.25) is 0 Å². The van der Waals surface area contributed by atoms with Crippen LogP contribution in [0.2, 0.25) is 0 Å². The van der Waals surface area contributed by atoms with Crippen LogP contribution in [0.5, 0.6) is 0 Å². The first-order valence-electron chi connectivity index (χ1n) is 6.50. The molecular formula is C14H19FN2O2. The van der Waals surface area contributed by atoms with Crippen molar-refractivity contribution in [2.45, 2.75) is 51.7 Å². The van der Waals surface area contributed by atoms with Gasteiger partial charge in [-0.2, -0.15) is 0 Å². The van der Waals surface area contributed by atoms with Crippen LogP contribution < -0.4 is 5.32 Å². The third kappa shape index (κ3) is 3.66. The summed E-state index contributed by atoms with van der Waals surface area (Å²) in [5.74, 6) is -0.801. The molecule has 1 aromatic rings. The van der Waals surface area contributed by atoms with Gasteiger partial charge < -0.3 is 10.1 Å². The summed E-state index contributed by atoms with van der Waals surface area (Å²) in [5, 5.41) is 3.18. The van der Waals surface area contributed by atoms with Gasteiger partial charge in [-0.1, -0.05) is 0 Å². The molecule has 0 spiro atoms. The summed E-state index contributed by atoms with van der Waals surface area (Å²) in [6, 6.07) is 1.80. The minimum absolute atomic E-state index is 0.0771. The summed E-state index contributed by atoms with van der Waals surface area (Å²) in [4.78, 5) is 15.8. The highest BCUT2D eigenvalue weighted by molar-refractivity contribution is 5.90. The van der Waals surface area contributed by atoms with E-state index in [0.717, 1.165) is 19.0 Å². The van der Waals surface area contributed by atoms with E-state index in [1.807, 2.05) is 0 Å². The van der Waals surface area contributed by atoms with Crippen molar-refractivity contribution in [1.82, 2.24) is 4.98 Å². The molecule has 1 N–H and O–H groups in total. The van der Waals surface area contributed by atoms with E-state index in [2.05, 4.69) is 10.3 Å². The molecule has 1 fully saturated rings. The van der Waals surface area contributed by atoms with Crippen molar-refractivity contribution >= 4 is 11.8 Å². The largest absolute Gasteiger partial charge is 0.456 e. The molecule has 1 aliphatic carbocycles. The Morgan fingerprint density at radius 3 is 2.68 bits per heavy atom. The van der Waals surface area contributed by atoms with Crippen LogP contribution in [0.4, 0.5) is 10.2 Å². The van der Waals surface area contributed by atoms with Crippen molar-refractivity contribution in [3.05, 3.63) is 23.6 Å². The van der Waals surface area contributed by atoms with Crippen LogP contribution in [-0.4, -0.2) is 22.6 Å². The van der Waals surface area contributed by atoms with Gasteiger partial charge in [0.25, 0.3) is 0 Å². The van der Waals surface area contributed by atoms with E-state index in [9.17, 15) is 9.18 Å². The molecule has 0 atom stereocenters. The molecule has 1 aliphatic rings. The predicted molar refractivity (Wildman–Crippen MR) is 70.6 cm³/mol. The fourth-order valence-corrected chi connectivity index (χ4v) is 1.77. The quantitative estimate of drug-likeness (QED) is 0.854. The fraction of sp³-hybridized carbons (Fsp3) is 0.571. The molecule has 4 nitrogen and oxygen atoms in total. The second-order valence-electron chi connectivity index (χ2n) is 5.82. The number of nitrogens with one attached hydrogen (secondary N) is 1. The number of carbonyl (C=O) groups excluding carboxylic acids is 1. The number of carbonyl (C=O) groups is 1. The number of anilines is 1. The van der Waals surface area contributed by atoms with Crippen molar-refractivity contribution in [1.29, 1.82) is 0 Å². The number of rotatable bonds is 3. The Kier molecular flexibility index (Phi) is 3.73. The van der Waals surface area contributed by atoms with E-state index in [-0.39, 0.29) is 5.56 Å². The second kappa shape index (κ2) is 5.15. The predicted octanol–water partition coefficient (Wildman–Crippen LogP) is 3.14. The lowest BCUT2D eigenvalue weighted by Gasteiger charge is -2.27. The van der Waals surface area contributed by atoms with E-state index in [4.69, 9.17) is 4.74 Å². The van der Waals surface area contributed by atoms with Gasteiger partial charge in [-0.05, 0) is 46.1 Å². The van der Waals surface area contributed by atoms with Crippen molar-refractivity contribution in [2.75, 3.05) is 5.32 Å². The van der Waals surface area contributed by atoms with Crippen molar-refractivity contribution in [3.63, 3.8) is 0 Å². The van der Waals surface area contributed by atoms with Crippen LogP contribution in [0.15, 0.2) is 12.3 Å². The van der Waals surface area contributed by atoms with Gasteiger partial charge >= 0.3 is 5.97 Å². The normalized spacial score (nSPS) is 15.8. The van der Waals surface area contributed by atoms with Crippen LogP contribution >= 0.6 is 0 Å². The number of pyridine rings is 1. The molecule has 1 saturated carbocycles. The van der Waals surface area contributed by atoms with Gasteiger partial charge in [-0.15, -0.1) is 0 Å². The number of ether oxygens (including phenoxy) is 1. The average molecular weight is 266 g/mol. The third-order valence-electron chi connectivity index (χ3n) is 2.93. The Hall–Kier alpha value is -1.65. The second-order valence-corrected chi connectivity index (χ2v) is 5.82. The summed E-state index contributed by atoms with van der Waals surface area (Å²) < 4.78 is 18.8. The SMILES string of the molecule is CC(C)(C)OC(=O)c1cc(NC2CCC2)ncc1F. The molecule has 1 aromatic heterocycles. The van der Waals surface area contributed by atoms with E-state index in [1.54, 1.807) is 20.8 Å². The van der Waals surface area contributed by atoms with Crippen LogP contribution in [-0.2, 0) is 4.74 Å². The number of hydrogen-bond donors (Lipinski definition) is 1. The number of esters is 1. The zero-order valence-electron chi connectivity index (χ0n) is 11.5. The van der Waals surface area contributed by atoms with E-state index in [1.165, 1.54) is 12.5 Å². The number of hydrogen-bond acceptors (Lipinski definition) is 4. The average Bonchev–Trinajstić information content (AvgIpc) is 2.23. The summed E-state index contributed by atoms with van der Waals surface area (Å²) in [6.45, 7) is 5.24. The Balaban J connectivity index is 2.14. The first kappa shape index (κ1) is 13.8. The first-order chi connectivity index (χ1) is 8.85. The van der Waals surface area contributed by atoms with E-state index >= 15 is 0 Å². The van der Waals surface area contributed by atoms with Gasteiger partial charge in [0, 0.05) is 6.04 Å². The molecule has 0 aromatic carbocycles. The van der Waals surface area contributed by atoms with E-state index < -0.39 is 17.4 Å². The molecule has 0 radical (unpaired) electrons. The minimum atomic E-state index is -0.663. The van der Waals surface area contributed by atoms with Gasteiger partial charge in [-0.25, -0.2) is 14.2 Å². The standard InChI is InChI=1S/C14H19FN2O2/c1-14(2,3)19-13(18)10-7-12(16-8-11(10)15)17-9-5-4-6-9/h7-9H,4-6H2,1-3H3,(H,16,17). The molecule has 0 aliphatic heterocycles. The Labute approximate surface area is 112 Å². The lowest BCUT2D eigenvalue weighted by atomic mass is 9.93. The maximum absolute atomic E-state index is 13.6. The zero-order chi connectivity index (χ0) is 14.0.